The van der Waals surface area contributed by atoms with E-state index < -0.39 is 6.61 Å². The van der Waals surface area contributed by atoms with Crippen molar-refractivity contribution in [3.63, 3.8) is 0 Å². The quantitative estimate of drug-likeness (QED) is 0.842. The van der Waals surface area contributed by atoms with Crippen molar-refractivity contribution in [1.29, 1.82) is 0 Å². The molecule has 1 saturated carbocycles. The molecule has 22 heavy (non-hydrogen) atoms. The highest BCUT2D eigenvalue weighted by molar-refractivity contribution is 5.55. The van der Waals surface area contributed by atoms with Crippen LogP contribution in [0.15, 0.2) is 35.2 Å². The first-order chi connectivity index (χ1) is 10.7. The molecule has 1 aromatic carbocycles. The molecule has 0 aliphatic heterocycles. The molecule has 1 aliphatic rings. The molecule has 2 aromatic rings. The lowest BCUT2D eigenvalue weighted by molar-refractivity contribution is -0.0526. The van der Waals surface area contributed by atoms with Gasteiger partial charge in [-0.1, -0.05) is 0 Å². The average Bonchev–Trinajstić information content (AvgIpc) is 2.95. The smallest absolute Gasteiger partial charge is 0.387 e. The van der Waals surface area contributed by atoms with Gasteiger partial charge in [-0.05, 0) is 31.4 Å². The van der Waals surface area contributed by atoms with E-state index in [-0.39, 0.29) is 11.9 Å². The highest BCUT2D eigenvalue weighted by atomic mass is 19.3. The van der Waals surface area contributed by atoms with E-state index in [1.165, 1.54) is 12.5 Å². The Morgan fingerprint density at radius 3 is 2.82 bits per heavy atom. The van der Waals surface area contributed by atoms with Crippen LogP contribution in [0.25, 0.3) is 0 Å². The Hall–Kier alpha value is -2.31. The van der Waals surface area contributed by atoms with Gasteiger partial charge in [0.15, 0.2) is 17.9 Å². The molecule has 1 aliphatic carbocycles. The summed E-state index contributed by atoms with van der Waals surface area (Å²) >= 11 is 0. The molecular weight excluding hydrogens is 294 g/mol. The summed E-state index contributed by atoms with van der Waals surface area (Å²) in [5.41, 5.74) is 0.729. The van der Waals surface area contributed by atoms with Crippen LogP contribution in [-0.4, -0.2) is 17.7 Å². The highest BCUT2D eigenvalue weighted by Crippen LogP contribution is 2.35. The molecule has 0 radical (unpaired) electrons. The van der Waals surface area contributed by atoms with Crippen molar-refractivity contribution >= 4 is 5.69 Å². The molecule has 7 heteroatoms. The molecule has 118 valence electrons. The second kappa shape index (κ2) is 6.64. The Morgan fingerprint density at radius 2 is 2.18 bits per heavy atom. The van der Waals surface area contributed by atoms with E-state index in [9.17, 15) is 8.78 Å². The van der Waals surface area contributed by atoms with E-state index in [0.29, 0.717) is 18.1 Å². The Balaban J connectivity index is 1.71. The number of benzene rings is 1. The SMILES string of the molecule is FC(F)Oc1ccc(NCc2cnco2)cc1OC1CCC1. The third-order valence-corrected chi connectivity index (χ3v) is 3.46. The summed E-state index contributed by atoms with van der Waals surface area (Å²) in [7, 11) is 0. The van der Waals surface area contributed by atoms with Crippen LogP contribution in [0.2, 0.25) is 0 Å². The number of alkyl halides is 2. The van der Waals surface area contributed by atoms with Crippen LogP contribution in [0.1, 0.15) is 25.0 Å². The Labute approximate surface area is 126 Å². The van der Waals surface area contributed by atoms with Crippen LogP contribution in [0.4, 0.5) is 14.5 Å². The fourth-order valence-electron chi connectivity index (χ4n) is 2.09. The van der Waals surface area contributed by atoms with E-state index >= 15 is 0 Å². The number of anilines is 1. The lowest BCUT2D eigenvalue weighted by atomic mass is 9.96. The summed E-state index contributed by atoms with van der Waals surface area (Å²) in [4.78, 5) is 3.82. The van der Waals surface area contributed by atoms with Gasteiger partial charge in [-0.15, -0.1) is 0 Å². The first-order valence-corrected chi connectivity index (χ1v) is 7.07. The van der Waals surface area contributed by atoms with Gasteiger partial charge in [-0.3, -0.25) is 0 Å². The molecule has 0 saturated heterocycles. The predicted molar refractivity (Wildman–Crippen MR) is 75.2 cm³/mol. The second-order valence-electron chi connectivity index (χ2n) is 5.03. The van der Waals surface area contributed by atoms with Crippen molar-refractivity contribution in [2.24, 2.45) is 0 Å². The van der Waals surface area contributed by atoms with Crippen molar-refractivity contribution in [1.82, 2.24) is 4.98 Å². The molecule has 0 atom stereocenters. The molecule has 1 aromatic heterocycles. The summed E-state index contributed by atoms with van der Waals surface area (Å²) in [6, 6.07) is 4.79. The van der Waals surface area contributed by atoms with Gasteiger partial charge in [0.25, 0.3) is 0 Å². The van der Waals surface area contributed by atoms with Crippen molar-refractivity contribution in [2.75, 3.05) is 5.32 Å². The fourth-order valence-corrected chi connectivity index (χ4v) is 2.09. The first kappa shape index (κ1) is 14.6. The zero-order valence-electron chi connectivity index (χ0n) is 11.8. The number of ether oxygens (including phenoxy) is 2. The van der Waals surface area contributed by atoms with E-state index in [2.05, 4.69) is 15.0 Å². The van der Waals surface area contributed by atoms with Gasteiger partial charge < -0.3 is 19.2 Å². The molecule has 0 spiro atoms. The molecule has 0 amide bonds. The largest absolute Gasteiger partial charge is 0.486 e. The van der Waals surface area contributed by atoms with E-state index in [1.54, 1.807) is 18.3 Å². The maximum atomic E-state index is 12.5. The third kappa shape index (κ3) is 3.66. The van der Waals surface area contributed by atoms with Crippen LogP contribution >= 0.6 is 0 Å². The minimum Gasteiger partial charge on any atom is -0.486 e. The number of rotatable bonds is 7. The standard InChI is InChI=1S/C15H16F2N2O3/c16-15(17)22-13-5-4-10(19-8-12-7-18-9-20-12)6-14(13)21-11-2-1-3-11/h4-7,9,11,15,19H,1-3,8H2. The topological polar surface area (TPSA) is 56.5 Å². The molecule has 1 heterocycles. The van der Waals surface area contributed by atoms with Gasteiger partial charge in [-0.25, -0.2) is 4.98 Å². The van der Waals surface area contributed by atoms with Crippen LogP contribution < -0.4 is 14.8 Å². The van der Waals surface area contributed by atoms with Crippen molar-refractivity contribution < 1.29 is 22.7 Å². The Morgan fingerprint density at radius 1 is 1.32 bits per heavy atom. The summed E-state index contributed by atoms with van der Waals surface area (Å²) < 4.78 is 40.3. The maximum Gasteiger partial charge on any atom is 0.387 e. The van der Waals surface area contributed by atoms with Crippen molar-refractivity contribution in [3.8, 4) is 11.5 Å². The molecule has 0 bridgehead atoms. The number of nitrogens with zero attached hydrogens (tertiary/aromatic N) is 1. The van der Waals surface area contributed by atoms with E-state index in [0.717, 1.165) is 24.9 Å². The van der Waals surface area contributed by atoms with Gasteiger partial charge in [0.2, 0.25) is 0 Å². The molecule has 5 nitrogen and oxygen atoms in total. The number of hydrogen-bond donors (Lipinski definition) is 1. The Kier molecular flexibility index (Phi) is 4.41. The van der Waals surface area contributed by atoms with Gasteiger partial charge in [0, 0.05) is 11.8 Å². The Bertz CT molecular complexity index is 601. The van der Waals surface area contributed by atoms with E-state index in [4.69, 9.17) is 9.15 Å². The van der Waals surface area contributed by atoms with E-state index in [1.807, 2.05) is 0 Å². The molecular formula is C15H16F2N2O3. The lowest BCUT2D eigenvalue weighted by Gasteiger charge is -2.27. The zero-order valence-corrected chi connectivity index (χ0v) is 11.8. The summed E-state index contributed by atoms with van der Waals surface area (Å²) in [6.07, 6.45) is 5.99. The maximum absolute atomic E-state index is 12.5. The highest BCUT2D eigenvalue weighted by Gasteiger charge is 2.22. The monoisotopic (exact) mass is 310 g/mol. The summed E-state index contributed by atoms with van der Waals surface area (Å²) in [5.74, 6) is 1.05. The fraction of sp³-hybridized carbons (Fsp3) is 0.400. The van der Waals surface area contributed by atoms with Crippen molar-refractivity contribution in [3.05, 3.63) is 36.5 Å². The average molecular weight is 310 g/mol. The predicted octanol–water partition coefficient (Wildman–Crippen LogP) is 3.82. The van der Waals surface area contributed by atoms with Gasteiger partial charge in [-0.2, -0.15) is 8.78 Å². The van der Waals surface area contributed by atoms with Gasteiger partial charge >= 0.3 is 6.61 Å². The van der Waals surface area contributed by atoms with Crippen LogP contribution in [-0.2, 0) is 6.54 Å². The minimum absolute atomic E-state index is 0.0483. The summed E-state index contributed by atoms with van der Waals surface area (Å²) in [5, 5.41) is 3.12. The summed E-state index contributed by atoms with van der Waals surface area (Å²) in [6.45, 7) is -2.44. The van der Waals surface area contributed by atoms with Crippen LogP contribution in [0.3, 0.4) is 0 Å². The van der Waals surface area contributed by atoms with Crippen LogP contribution in [0.5, 0.6) is 11.5 Å². The van der Waals surface area contributed by atoms with Crippen LogP contribution in [0, 0.1) is 0 Å². The lowest BCUT2D eigenvalue weighted by Crippen LogP contribution is -2.25. The first-order valence-electron chi connectivity index (χ1n) is 7.07. The minimum atomic E-state index is -2.88. The molecule has 1 fully saturated rings. The van der Waals surface area contributed by atoms with Gasteiger partial charge in [0.05, 0.1) is 18.8 Å². The second-order valence-corrected chi connectivity index (χ2v) is 5.03. The third-order valence-electron chi connectivity index (χ3n) is 3.46. The van der Waals surface area contributed by atoms with Crippen molar-refractivity contribution in [2.45, 2.75) is 38.5 Å². The molecule has 0 unspecified atom stereocenters. The number of halogens is 2. The molecule has 3 rings (SSSR count). The number of hydrogen-bond acceptors (Lipinski definition) is 5. The zero-order chi connectivity index (χ0) is 15.4. The number of oxazole rings is 1. The van der Waals surface area contributed by atoms with Gasteiger partial charge in [0.1, 0.15) is 5.76 Å². The number of nitrogens with one attached hydrogen (secondary N) is 1. The molecule has 1 N–H and O–H groups in total. The normalized spacial score (nSPS) is 14.7. The number of aromatic nitrogens is 1.